The molecule has 0 aliphatic carbocycles. The van der Waals surface area contributed by atoms with Gasteiger partial charge in [0.05, 0.1) is 32.3 Å². The molecule has 2 aromatic rings. The standard InChI is InChI=1S/C25H28ClFN2O6/c1-32-22-14-21(19(13-20(22)26)23(30)33-2)34-12-11-29-16-25(35-24(29)31)7-9-28(10-8-25)15-17-3-5-18(27)6-4-17/h3-6,13-14H,7-12,15-16H2,1-2H3. The summed E-state index contributed by atoms with van der Waals surface area (Å²) in [6.45, 7) is 3.22. The first-order chi connectivity index (χ1) is 16.8. The zero-order chi connectivity index (χ0) is 25.0. The molecule has 188 valence electrons. The van der Waals surface area contributed by atoms with Crippen molar-refractivity contribution in [3.63, 3.8) is 0 Å². The summed E-state index contributed by atoms with van der Waals surface area (Å²) in [6.07, 6.45) is 1.07. The molecular formula is C25H28ClFN2O6. The number of methoxy groups -OCH3 is 2. The second kappa shape index (κ2) is 10.7. The van der Waals surface area contributed by atoms with Crippen molar-refractivity contribution >= 4 is 23.7 Å². The number of nitrogens with zero attached hydrogens (tertiary/aromatic N) is 2. The van der Waals surface area contributed by atoms with Gasteiger partial charge in [-0.15, -0.1) is 0 Å². The number of piperidine rings is 1. The van der Waals surface area contributed by atoms with Crippen molar-refractivity contribution in [1.29, 1.82) is 0 Å². The SMILES string of the molecule is COC(=O)c1cc(Cl)c(OC)cc1OCCN1CC2(CCN(Cc3ccc(F)cc3)CC2)OC1=O. The molecule has 0 bridgehead atoms. The lowest BCUT2D eigenvalue weighted by molar-refractivity contribution is -0.00126. The van der Waals surface area contributed by atoms with E-state index in [1.165, 1.54) is 38.5 Å². The van der Waals surface area contributed by atoms with E-state index in [4.69, 9.17) is 30.5 Å². The average Bonchev–Trinajstić information content (AvgIpc) is 3.16. The van der Waals surface area contributed by atoms with Crippen LogP contribution in [-0.2, 0) is 16.0 Å². The number of ether oxygens (including phenoxy) is 4. The van der Waals surface area contributed by atoms with Crippen LogP contribution in [0.2, 0.25) is 5.02 Å². The molecule has 35 heavy (non-hydrogen) atoms. The molecule has 2 aliphatic heterocycles. The number of benzene rings is 2. The Morgan fingerprint density at radius 3 is 2.51 bits per heavy atom. The van der Waals surface area contributed by atoms with E-state index in [-0.39, 0.29) is 34.9 Å². The summed E-state index contributed by atoms with van der Waals surface area (Å²) in [5.74, 6) is -0.211. The van der Waals surface area contributed by atoms with E-state index in [0.717, 1.165) is 38.0 Å². The topological polar surface area (TPSA) is 77.5 Å². The number of likely N-dealkylation sites (tertiary alicyclic amines) is 1. The summed E-state index contributed by atoms with van der Waals surface area (Å²) in [5.41, 5.74) is 0.707. The molecule has 0 unspecified atom stereocenters. The van der Waals surface area contributed by atoms with Crippen molar-refractivity contribution < 1.29 is 32.9 Å². The maximum absolute atomic E-state index is 13.1. The van der Waals surface area contributed by atoms with Crippen molar-refractivity contribution in [2.45, 2.75) is 25.0 Å². The van der Waals surface area contributed by atoms with E-state index < -0.39 is 11.6 Å². The van der Waals surface area contributed by atoms with Crippen LogP contribution in [0.4, 0.5) is 9.18 Å². The number of halogens is 2. The molecule has 2 aliphatic rings. The second-order valence-electron chi connectivity index (χ2n) is 8.70. The van der Waals surface area contributed by atoms with Crippen LogP contribution >= 0.6 is 11.6 Å². The molecule has 0 atom stereocenters. The number of carbonyl (C=O) groups is 2. The van der Waals surface area contributed by atoms with Gasteiger partial charge in [0.1, 0.15) is 35.1 Å². The summed E-state index contributed by atoms with van der Waals surface area (Å²) >= 11 is 6.13. The molecule has 8 nitrogen and oxygen atoms in total. The first-order valence-electron chi connectivity index (χ1n) is 11.4. The van der Waals surface area contributed by atoms with Crippen LogP contribution < -0.4 is 9.47 Å². The number of amides is 1. The van der Waals surface area contributed by atoms with Gasteiger partial charge in [0.2, 0.25) is 0 Å². The summed E-state index contributed by atoms with van der Waals surface area (Å²) in [4.78, 5) is 28.6. The molecular weight excluding hydrogens is 479 g/mol. The fourth-order valence-electron chi connectivity index (χ4n) is 4.44. The van der Waals surface area contributed by atoms with Gasteiger partial charge in [-0.25, -0.2) is 14.0 Å². The summed E-state index contributed by atoms with van der Waals surface area (Å²) in [7, 11) is 2.74. The highest BCUT2D eigenvalue weighted by atomic mass is 35.5. The minimum Gasteiger partial charge on any atom is -0.495 e. The number of rotatable bonds is 8. The predicted molar refractivity (Wildman–Crippen MR) is 127 cm³/mol. The van der Waals surface area contributed by atoms with Crippen LogP contribution in [0.15, 0.2) is 36.4 Å². The number of hydrogen-bond acceptors (Lipinski definition) is 7. The molecule has 0 radical (unpaired) electrons. The van der Waals surface area contributed by atoms with Crippen LogP contribution in [-0.4, -0.2) is 74.5 Å². The quantitative estimate of drug-likeness (QED) is 0.498. The smallest absolute Gasteiger partial charge is 0.410 e. The Morgan fingerprint density at radius 2 is 1.86 bits per heavy atom. The van der Waals surface area contributed by atoms with Crippen LogP contribution in [0.3, 0.4) is 0 Å². The zero-order valence-electron chi connectivity index (χ0n) is 19.7. The van der Waals surface area contributed by atoms with Crippen LogP contribution in [0, 0.1) is 5.82 Å². The minimum absolute atomic E-state index is 0.149. The molecule has 1 spiro atoms. The van der Waals surface area contributed by atoms with Gasteiger partial charge >= 0.3 is 12.1 Å². The lowest BCUT2D eigenvalue weighted by Gasteiger charge is -2.37. The van der Waals surface area contributed by atoms with E-state index in [2.05, 4.69) is 4.90 Å². The molecule has 0 N–H and O–H groups in total. The van der Waals surface area contributed by atoms with Gasteiger partial charge in [-0.05, 0) is 23.8 Å². The van der Waals surface area contributed by atoms with Crippen molar-refractivity contribution in [2.24, 2.45) is 0 Å². The normalized spacial score (nSPS) is 17.4. The Balaban J connectivity index is 1.31. The fourth-order valence-corrected chi connectivity index (χ4v) is 4.68. The van der Waals surface area contributed by atoms with Crippen molar-refractivity contribution in [2.75, 3.05) is 47.0 Å². The second-order valence-corrected chi connectivity index (χ2v) is 9.11. The van der Waals surface area contributed by atoms with Gasteiger partial charge in [0.25, 0.3) is 0 Å². The van der Waals surface area contributed by atoms with E-state index in [0.29, 0.717) is 18.8 Å². The average molecular weight is 507 g/mol. The van der Waals surface area contributed by atoms with Crippen LogP contribution in [0.25, 0.3) is 0 Å². The van der Waals surface area contributed by atoms with Gasteiger partial charge in [-0.2, -0.15) is 0 Å². The van der Waals surface area contributed by atoms with E-state index in [1.54, 1.807) is 17.0 Å². The van der Waals surface area contributed by atoms with E-state index in [9.17, 15) is 14.0 Å². The Kier molecular flexibility index (Phi) is 7.66. The monoisotopic (exact) mass is 506 g/mol. The maximum Gasteiger partial charge on any atom is 0.410 e. The number of carbonyl (C=O) groups excluding carboxylic acids is 2. The highest BCUT2D eigenvalue weighted by Gasteiger charge is 2.46. The summed E-state index contributed by atoms with van der Waals surface area (Å²) < 4.78 is 34.8. The molecule has 2 fully saturated rings. The largest absolute Gasteiger partial charge is 0.495 e. The van der Waals surface area contributed by atoms with Crippen LogP contribution in [0.5, 0.6) is 11.5 Å². The molecule has 2 aromatic carbocycles. The maximum atomic E-state index is 13.1. The highest BCUT2D eigenvalue weighted by Crippen LogP contribution is 2.35. The molecule has 0 saturated carbocycles. The molecule has 2 heterocycles. The Morgan fingerprint density at radius 1 is 1.14 bits per heavy atom. The fraction of sp³-hybridized carbons (Fsp3) is 0.440. The third-order valence-electron chi connectivity index (χ3n) is 6.41. The number of hydrogen-bond donors (Lipinski definition) is 0. The number of esters is 1. The van der Waals surface area contributed by atoms with Crippen molar-refractivity contribution in [1.82, 2.24) is 9.80 Å². The highest BCUT2D eigenvalue weighted by molar-refractivity contribution is 6.32. The minimum atomic E-state index is -0.587. The summed E-state index contributed by atoms with van der Waals surface area (Å²) in [5, 5.41) is 0.260. The lowest BCUT2D eigenvalue weighted by Crippen LogP contribution is -2.46. The van der Waals surface area contributed by atoms with Crippen molar-refractivity contribution in [3.05, 3.63) is 58.4 Å². The molecule has 0 aromatic heterocycles. The van der Waals surface area contributed by atoms with Gasteiger partial charge in [0, 0.05) is 38.5 Å². The Hall–Kier alpha value is -3.04. The third-order valence-corrected chi connectivity index (χ3v) is 6.70. The van der Waals surface area contributed by atoms with Crippen molar-refractivity contribution in [3.8, 4) is 11.5 Å². The Bertz CT molecular complexity index is 1070. The van der Waals surface area contributed by atoms with E-state index in [1.807, 2.05) is 0 Å². The first kappa shape index (κ1) is 25.1. The Labute approximate surface area is 208 Å². The molecule has 10 heteroatoms. The van der Waals surface area contributed by atoms with Gasteiger partial charge in [0.15, 0.2) is 0 Å². The zero-order valence-corrected chi connectivity index (χ0v) is 20.5. The molecule has 4 rings (SSSR count). The van der Waals surface area contributed by atoms with E-state index >= 15 is 0 Å². The predicted octanol–water partition coefficient (Wildman–Crippen LogP) is 4.14. The lowest BCUT2D eigenvalue weighted by atomic mass is 9.91. The molecule has 2 saturated heterocycles. The van der Waals surface area contributed by atoms with Gasteiger partial charge < -0.3 is 23.8 Å². The van der Waals surface area contributed by atoms with Crippen LogP contribution in [0.1, 0.15) is 28.8 Å². The van der Waals surface area contributed by atoms with Gasteiger partial charge in [-0.3, -0.25) is 4.90 Å². The third kappa shape index (κ3) is 5.79. The summed E-state index contributed by atoms with van der Waals surface area (Å²) in [6, 6.07) is 9.47. The van der Waals surface area contributed by atoms with Gasteiger partial charge in [-0.1, -0.05) is 23.7 Å². The first-order valence-corrected chi connectivity index (χ1v) is 11.7. The molecule has 1 amide bonds.